The minimum atomic E-state index is 0.0442. The van der Waals surface area contributed by atoms with E-state index < -0.39 is 0 Å². The maximum absolute atomic E-state index is 11.7. The third-order valence-electron chi connectivity index (χ3n) is 2.58. The van der Waals surface area contributed by atoms with Crippen LogP contribution >= 0.6 is 0 Å². The van der Waals surface area contributed by atoms with Gasteiger partial charge in [-0.05, 0) is 25.0 Å². The second-order valence-electron chi connectivity index (χ2n) is 3.69. The molecule has 0 saturated heterocycles. The van der Waals surface area contributed by atoms with E-state index in [1.165, 1.54) is 0 Å². The van der Waals surface area contributed by atoms with Crippen molar-refractivity contribution in [2.45, 2.75) is 19.4 Å². The third kappa shape index (κ3) is 2.03. The standard InChI is InChI=1S/C13H14N2O/c1-2-3-4-9-15-12-7-8-14-10-11(12)5-6-13(15)16/h2,5-8,10H,1,3-4,9H2. The average Bonchev–Trinajstić information content (AvgIpc) is 2.32. The quantitative estimate of drug-likeness (QED) is 0.578. The first-order valence-corrected chi connectivity index (χ1v) is 5.37. The number of fused-ring (bicyclic) bond motifs is 1. The molecule has 0 saturated carbocycles. The minimum absolute atomic E-state index is 0.0442. The van der Waals surface area contributed by atoms with Gasteiger partial charge >= 0.3 is 0 Å². The fraction of sp³-hybridized carbons (Fsp3) is 0.231. The molecule has 0 N–H and O–H groups in total. The molecule has 3 heteroatoms. The molecule has 3 nitrogen and oxygen atoms in total. The van der Waals surface area contributed by atoms with Crippen molar-refractivity contribution in [1.82, 2.24) is 9.55 Å². The highest BCUT2D eigenvalue weighted by atomic mass is 16.1. The Balaban J connectivity index is 2.44. The summed E-state index contributed by atoms with van der Waals surface area (Å²) in [5.41, 5.74) is 0.995. The number of hydrogen-bond acceptors (Lipinski definition) is 2. The Morgan fingerprint density at radius 3 is 3.06 bits per heavy atom. The summed E-state index contributed by atoms with van der Waals surface area (Å²) in [6, 6.07) is 5.29. The van der Waals surface area contributed by atoms with Crippen LogP contribution < -0.4 is 5.56 Å². The largest absolute Gasteiger partial charge is 0.308 e. The van der Waals surface area contributed by atoms with Crippen LogP contribution in [0.1, 0.15) is 12.8 Å². The molecule has 0 spiro atoms. The number of hydrogen-bond donors (Lipinski definition) is 0. The zero-order valence-corrected chi connectivity index (χ0v) is 9.10. The van der Waals surface area contributed by atoms with Gasteiger partial charge in [-0.3, -0.25) is 9.78 Å². The Morgan fingerprint density at radius 2 is 2.25 bits per heavy atom. The van der Waals surface area contributed by atoms with Gasteiger partial charge in [0.05, 0.1) is 5.52 Å². The Kier molecular flexibility index (Phi) is 3.15. The summed E-state index contributed by atoms with van der Waals surface area (Å²) in [5.74, 6) is 0. The summed E-state index contributed by atoms with van der Waals surface area (Å²) in [7, 11) is 0. The fourth-order valence-electron chi connectivity index (χ4n) is 1.77. The molecule has 0 aliphatic rings. The normalized spacial score (nSPS) is 10.5. The molecule has 0 fully saturated rings. The molecule has 0 bridgehead atoms. The molecule has 82 valence electrons. The summed E-state index contributed by atoms with van der Waals surface area (Å²) in [6.45, 7) is 4.41. The van der Waals surface area contributed by atoms with E-state index in [4.69, 9.17) is 0 Å². The SMILES string of the molecule is C=CCCCn1c(=O)ccc2cnccc21. The molecule has 0 radical (unpaired) electrons. The van der Waals surface area contributed by atoms with Crippen LogP contribution in [-0.4, -0.2) is 9.55 Å². The molecule has 0 unspecified atom stereocenters. The molecule has 2 heterocycles. The summed E-state index contributed by atoms with van der Waals surface area (Å²) < 4.78 is 1.79. The van der Waals surface area contributed by atoms with Crippen molar-refractivity contribution in [3.8, 4) is 0 Å². The van der Waals surface area contributed by atoms with Gasteiger partial charge in [-0.25, -0.2) is 0 Å². The highest BCUT2D eigenvalue weighted by Crippen LogP contribution is 2.10. The van der Waals surface area contributed by atoms with Gasteiger partial charge in [-0.1, -0.05) is 6.08 Å². The molecule has 0 aliphatic heterocycles. The predicted octanol–water partition coefficient (Wildman–Crippen LogP) is 2.36. The number of nitrogens with zero attached hydrogens (tertiary/aromatic N) is 2. The number of unbranched alkanes of at least 4 members (excludes halogenated alkanes) is 1. The van der Waals surface area contributed by atoms with Gasteiger partial charge in [-0.15, -0.1) is 6.58 Å². The van der Waals surface area contributed by atoms with Crippen LogP contribution in [0.5, 0.6) is 0 Å². The van der Waals surface area contributed by atoms with Gasteiger partial charge in [0.1, 0.15) is 0 Å². The summed E-state index contributed by atoms with van der Waals surface area (Å²) in [5, 5.41) is 1.00. The average molecular weight is 214 g/mol. The van der Waals surface area contributed by atoms with Crippen molar-refractivity contribution in [2.24, 2.45) is 0 Å². The van der Waals surface area contributed by atoms with Gasteiger partial charge in [0, 0.05) is 30.4 Å². The second-order valence-corrected chi connectivity index (χ2v) is 3.69. The first kappa shape index (κ1) is 10.6. The van der Waals surface area contributed by atoms with Crippen LogP contribution in [0.2, 0.25) is 0 Å². The molecular formula is C13H14N2O. The highest BCUT2D eigenvalue weighted by Gasteiger charge is 2.01. The van der Waals surface area contributed by atoms with Crippen molar-refractivity contribution < 1.29 is 0 Å². The number of aryl methyl sites for hydroxylation is 1. The number of rotatable bonds is 4. The maximum atomic E-state index is 11.7. The van der Waals surface area contributed by atoms with E-state index in [1.807, 2.05) is 18.2 Å². The Morgan fingerprint density at radius 1 is 1.38 bits per heavy atom. The Labute approximate surface area is 94.1 Å². The summed E-state index contributed by atoms with van der Waals surface area (Å²) in [6.07, 6.45) is 7.22. The first-order valence-electron chi connectivity index (χ1n) is 5.37. The van der Waals surface area contributed by atoms with Crippen LogP contribution in [0.15, 0.2) is 48.0 Å². The van der Waals surface area contributed by atoms with Crippen molar-refractivity contribution >= 4 is 10.9 Å². The lowest BCUT2D eigenvalue weighted by molar-refractivity contribution is 0.650. The van der Waals surface area contributed by atoms with E-state index in [0.29, 0.717) is 0 Å². The van der Waals surface area contributed by atoms with Crippen LogP contribution in [0.3, 0.4) is 0 Å². The van der Waals surface area contributed by atoms with E-state index in [0.717, 1.165) is 30.3 Å². The van der Waals surface area contributed by atoms with Crippen molar-refractivity contribution in [2.75, 3.05) is 0 Å². The Bertz CT molecular complexity index is 557. The molecule has 0 amide bonds. The predicted molar refractivity (Wildman–Crippen MR) is 65.4 cm³/mol. The van der Waals surface area contributed by atoms with Crippen LogP contribution in [0.4, 0.5) is 0 Å². The van der Waals surface area contributed by atoms with Gasteiger partial charge in [0.2, 0.25) is 0 Å². The maximum Gasteiger partial charge on any atom is 0.251 e. The van der Waals surface area contributed by atoms with Crippen molar-refractivity contribution in [3.05, 3.63) is 53.6 Å². The Hall–Kier alpha value is -1.90. The molecule has 0 aliphatic carbocycles. The van der Waals surface area contributed by atoms with Crippen LogP contribution in [-0.2, 0) is 6.54 Å². The second kappa shape index (κ2) is 4.75. The lowest BCUT2D eigenvalue weighted by Gasteiger charge is -2.08. The summed E-state index contributed by atoms with van der Waals surface area (Å²) in [4.78, 5) is 15.8. The van der Waals surface area contributed by atoms with E-state index in [1.54, 1.807) is 23.0 Å². The molecule has 2 aromatic heterocycles. The van der Waals surface area contributed by atoms with Gasteiger partial charge in [0.25, 0.3) is 5.56 Å². The van der Waals surface area contributed by atoms with Gasteiger partial charge in [-0.2, -0.15) is 0 Å². The van der Waals surface area contributed by atoms with Crippen molar-refractivity contribution in [3.63, 3.8) is 0 Å². The van der Waals surface area contributed by atoms with Crippen molar-refractivity contribution in [1.29, 1.82) is 0 Å². The monoisotopic (exact) mass is 214 g/mol. The molecule has 16 heavy (non-hydrogen) atoms. The van der Waals surface area contributed by atoms with Gasteiger partial charge < -0.3 is 4.57 Å². The lowest BCUT2D eigenvalue weighted by atomic mass is 10.2. The number of allylic oxidation sites excluding steroid dienone is 1. The lowest BCUT2D eigenvalue weighted by Crippen LogP contribution is -2.19. The van der Waals surface area contributed by atoms with Crippen LogP contribution in [0.25, 0.3) is 10.9 Å². The molecular weight excluding hydrogens is 200 g/mol. The number of pyridine rings is 2. The highest BCUT2D eigenvalue weighted by molar-refractivity contribution is 5.77. The van der Waals surface area contributed by atoms with E-state index in [9.17, 15) is 4.79 Å². The number of aromatic nitrogens is 2. The first-order chi connectivity index (χ1) is 7.83. The molecule has 0 aromatic carbocycles. The van der Waals surface area contributed by atoms with E-state index in [2.05, 4.69) is 11.6 Å². The topological polar surface area (TPSA) is 34.9 Å². The zero-order valence-electron chi connectivity index (χ0n) is 9.10. The molecule has 2 aromatic rings. The molecule has 2 rings (SSSR count). The van der Waals surface area contributed by atoms with Crippen LogP contribution in [0, 0.1) is 0 Å². The minimum Gasteiger partial charge on any atom is -0.308 e. The third-order valence-corrected chi connectivity index (χ3v) is 2.58. The fourth-order valence-corrected chi connectivity index (χ4v) is 1.77. The summed E-state index contributed by atoms with van der Waals surface area (Å²) >= 11 is 0. The van der Waals surface area contributed by atoms with E-state index >= 15 is 0 Å². The van der Waals surface area contributed by atoms with Gasteiger partial charge in [0.15, 0.2) is 0 Å². The smallest absolute Gasteiger partial charge is 0.251 e. The molecule has 0 atom stereocenters. The zero-order chi connectivity index (χ0) is 11.4. The van der Waals surface area contributed by atoms with E-state index in [-0.39, 0.29) is 5.56 Å².